The van der Waals surface area contributed by atoms with Crippen LogP contribution >= 0.6 is 0 Å². The number of rotatable bonds is 1. The predicted molar refractivity (Wildman–Crippen MR) is 34.7 cm³/mol. The van der Waals surface area contributed by atoms with Crippen LogP contribution in [0.5, 0.6) is 0 Å². The molecule has 0 aromatic heterocycles. The minimum Gasteiger partial charge on any atom is -0.480 e. The number of aliphatic hydroxyl groups is 1. The summed E-state index contributed by atoms with van der Waals surface area (Å²) in [6.07, 6.45) is 0.504. The second-order valence-corrected chi connectivity index (χ2v) is 2.83. The van der Waals surface area contributed by atoms with Crippen molar-refractivity contribution in [1.29, 1.82) is 0 Å². The van der Waals surface area contributed by atoms with Crippen LogP contribution in [0.15, 0.2) is 0 Å². The third-order valence-electron chi connectivity index (χ3n) is 1.85. The molecule has 1 fully saturated rings. The molecule has 1 heterocycles. The van der Waals surface area contributed by atoms with Gasteiger partial charge in [0.05, 0.1) is 5.60 Å². The Morgan fingerprint density at radius 2 is 2.40 bits per heavy atom. The zero-order chi connectivity index (χ0) is 7.78. The first-order chi connectivity index (χ1) is 4.54. The molecule has 2 atom stereocenters. The second kappa shape index (κ2) is 2.21. The van der Waals surface area contributed by atoms with Gasteiger partial charge in [0.15, 0.2) is 0 Å². The van der Waals surface area contributed by atoms with E-state index >= 15 is 0 Å². The van der Waals surface area contributed by atoms with Crippen LogP contribution in [0.25, 0.3) is 0 Å². The average Bonchev–Trinajstić information content (AvgIpc) is 2.08. The summed E-state index contributed by atoms with van der Waals surface area (Å²) in [5, 5.41) is 20.6. The van der Waals surface area contributed by atoms with Gasteiger partial charge < -0.3 is 15.5 Å². The molecule has 1 saturated heterocycles. The van der Waals surface area contributed by atoms with Crippen molar-refractivity contribution in [3.05, 3.63) is 0 Å². The van der Waals surface area contributed by atoms with Crippen molar-refractivity contribution < 1.29 is 15.0 Å². The quantitative estimate of drug-likeness (QED) is 0.451. The summed E-state index contributed by atoms with van der Waals surface area (Å²) in [5.74, 6) is -0.984. The number of carboxylic acids is 1. The molecule has 0 radical (unpaired) electrons. The highest BCUT2D eigenvalue weighted by Gasteiger charge is 2.41. The molecule has 3 N–H and O–H groups in total. The Morgan fingerprint density at radius 1 is 1.80 bits per heavy atom. The van der Waals surface area contributed by atoms with Gasteiger partial charge in [-0.25, -0.2) is 0 Å². The van der Waals surface area contributed by atoms with Crippen LogP contribution in [0.4, 0.5) is 0 Å². The van der Waals surface area contributed by atoms with E-state index in [1.807, 2.05) is 0 Å². The molecule has 1 rings (SSSR count). The Hall–Kier alpha value is -0.610. The van der Waals surface area contributed by atoms with Gasteiger partial charge in [0.1, 0.15) is 6.04 Å². The van der Waals surface area contributed by atoms with Crippen molar-refractivity contribution in [3.8, 4) is 0 Å². The molecule has 1 aliphatic heterocycles. The Labute approximate surface area is 58.9 Å². The van der Waals surface area contributed by atoms with Crippen LogP contribution in [-0.4, -0.2) is 34.4 Å². The standard InChI is InChI=1S/C6H11NO3/c1-6(10)2-3-7-4(6)5(8)9/h4,7,10H,2-3H2,1H3,(H,8,9)/t4-,6?/m0/s1. The van der Waals surface area contributed by atoms with Crippen molar-refractivity contribution in [2.45, 2.75) is 25.0 Å². The van der Waals surface area contributed by atoms with E-state index in [0.717, 1.165) is 0 Å². The molecule has 0 saturated carbocycles. The van der Waals surface area contributed by atoms with Crippen LogP contribution in [0.2, 0.25) is 0 Å². The topological polar surface area (TPSA) is 69.6 Å². The molecule has 0 aromatic rings. The second-order valence-electron chi connectivity index (χ2n) is 2.83. The largest absolute Gasteiger partial charge is 0.480 e. The molecule has 1 unspecified atom stereocenters. The first kappa shape index (κ1) is 7.50. The van der Waals surface area contributed by atoms with Gasteiger partial charge in [0.25, 0.3) is 0 Å². The maximum Gasteiger partial charge on any atom is 0.323 e. The van der Waals surface area contributed by atoms with E-state index in [1.54, 1.807) is 0 Å². The molecule has 4 nitrogen and oxygen atoms in total. The van der Waals surface area contributed by atoms with Crippen LogP contribution in [0, 0.1) is 0 Å². The van der Waals surface area contributed by atoms with E-state index in [4.69, 9.17) is 5.11 Å². The van der Waals surface area contributed by atoms with Gasteiger partial charge in [-0.2, -0.15) is 0 Å². The van der Waals surface area contributed by atoms with Gasteiger partial charge in [-0.3, -0.25) is 4.79 Å². The molecule has 4 heteroatoms. The lowest BCUT2D eigenvalue weighted by molar-refractivity contribution is -0.144. The van der Waals surface area contributed by atoms with E-state index in [1.165, 1.54) is 6.92 Å². The Morgan fingerprint density at radius 3 is 2.60 bits per heavy atom. The molecule has 0 amide bonds. The zero-order valence-electron chi connectivity index (χ0n) is 5.79. The molecular formula is C6H11NO3. The number of hydrogen-bond donors (Lipinski definition) is 3. The number of nitrogens with one attached hydrogen (secondary N) is 1. The van der Waals surface area contributed by atoms with Crippen LogP contribution in [0.3, 0.4) is 0 Å². The third-order valence-corrected chi connectivity index (χ3v) is 1.85. The highest BCUT2D eigenvalue weighted by molar-refractivity contribution is 5.75. The van der Waals surface area contributed by atoms with Gasteiger partial charge >= 0.3 is 5.97 Å². The van der Waals surface area contributed by atoms with E-state index < -0.39 is 17.6 Å². The van der Waals surface area contributed by atoms with Crippen LogP contribution in [-0.2, 0) is 4.79 Å². The average molecular weight is 145 g/mol. The first-order valence-electron chi connectivity index (χ1n) is 3.22. The summed E-state index contributed by atoms with van der Waals surface area (Å²) in [6.45, 7) is 2.11. The molecule has 58 valence electrons. The van der Waals surface area contributed by atoms with E-state index in [-0.39, 0.29) is 0 Å². The number of aliphatic carboxylic acids is 1. The molecule has 0 aliphatic carbocycles. The minimum atomic E-state index is -1.08. The molecular weight excluding hydrogens is 134 g/mol. The van der Waals surface area contributed by atoms with Crippen molar-refractivity contribution in [2.24, 2.45) is 0 Å². The molecule has 0 bridgehead atoms. The lowest BCUT2D eigenvalue weighted by Crippen LogP contribution is -2.46. The normalized spacial score (nSPS) is 40.0. The maximum absolute atomic E-state index is 10.4. The van der Waals surface area contributed by atoms with E-state index in [2.05, 4.69) is 5.32 Å². The molecule has 10 heavy (non-hydrogen) atoms. The fourth-order valence-electron chi connectivity index (χ4n) is 1.19. The molecule has 1 aliphatic rings. The number of hydrogen-bond acceptors (Lipinski definition) is 3. The lowest BCUT2D eigenvalue weighted by atomic mass is 9.98. The van der Waals surface area contributed by atoms with Gasteiger partial charge in [0, 0.05) is 0 Å². The molecule has 0 aromatic carbocycles. The van der Waals surface area contributed by atoms with E-state index in [9.17, 15) is 9.90 Å². The summed E-state index contributed by atoms with van der Waals surface area (Å²) < 4.78 is 0. The minimum absolute atomic E-state index is 0.504. The fourth-order valence-corrected chi connectivity index (χ4v) is 1.19. The summed E-state index contributed by atoms with van der Waals surface area (Å²) >= 11 is 0. The number of carbonyl (C=O) groups is 1. The van der Waals surface area contributed by atoms with Crippen molar-refractivity contribution in [1.82, 2.24) is 5.32 Å². The summed E-state index contributed by atoms with van der Waals surface area (Å²) in [4.78, 5) is 10.4. The molecule has 0 spiro atoms. The predicted octanol–water partition coefficient (Wildman–Crippen LogP) is -0.816. The summed E-state index contributed by atoms with van der Waals surface area (Å²) in [7, 11) is 0. The van der Waals surface area contributed by atoms with Crippen molar-refractivity contribution in [3.63, 3.8) is 0 Å². The van der Waals surface area contributed by atoms with Gasteiger partial charge in [-0.1, -0.05) is 0 Å². The highest BCUT2D eigenvalue weighted by Crippen LogP contribution is 2.19. The van der Waals surface area contributed by atoms with Crippen molar-refractivity contribution in [2.75, 3.05) is 6.54 Å². The third kappa shape index (κ3) is 1.12. The van der Waals surface area contributed by atoms with Crippen molar-refractivity contribution >= 4 is 5.97 Å². The van der Waals surface area contributed by atoms with E-state index in [0.29, 0.717) is 13.0 Å². The number of carboxylic acid groups (broad SMARTS) is 1. The smallest absolute Gasteiger partial charge is 0.323 e. The van der Waals surface area contributed by atoms with Crippen LogP contribution < -0.4 is 5.32 Å². The SMILES string of the molecule is CC1(O)CCN[C@H]1C(=O)O. The Bertz CT molecular complexity index is 155. The zero-order valence-corrected chi connectivity index (χ0v) is 5.79. The van der Waals surface area contributed by atoms with Gasteiger partial charge in [0.2, 0.25) is 0 Å². The van der Waals surface area contributed by atoms with Gasteiger partial charge in [-0.15, -0.1) is 0 Å². The monoisotopic (exact) mass is 145 g/mol. The first-order valence-corrected chi connectivity index (χ1v) is 3.22. The Kier molecular flexibility index (Phi) is 1.66. The maximum atomic E-state index is 10.4. The lowest BCUT2D eigenvalue weighted by Gasteiger charge is -2.20. The highest BCUT2D eigenvalue weighted by atomic mass is 16.4. The summed E-state index contributed by atoms with van der Waals surface area (Å²) in [5.41, 5.74) is -1.08. The summed E-state index contributed by atoms with van der Waals surface area (Å²) in [6, 6.07) is -0.799. The Balaban J connectivity index is 2.68. The van der Waals surface area contributed by atoms with Gasteiger partial charge in [-0.05, 0) is 19.9 Å². The fraction of sp³-hybridized carbons (Fsp3) is 0.833. The van der Waals surface area contributed by atoms with Crippen LogP contribution in [0.1, 0.15) is 13.3 Å².